The van der Waals surface area contributed by atoms with E-state index in [2.05, 4.69) is 83.1 Å². The Hall–Kier alpha value is -5.46. The van der Waals surface area contributed by atoms with Crippen LogP contribution in [0.5, 0.6) is 11.5 Å². The molecule has 4 aromatic heterocycles. The fourth-order valence-corrected chi connectivity index (χ4v) is 11.1. The smallest absolute Gasteiger partial charge is 0.220 e. The third kappa shape index (κ3) is 10.1. The number of anilines is 2. The average Bonchev–Trinajstić information content (AvgIpc) is 4.21. The summed E-state index contributed by atoms with van der Waals surface area (Å²) < 4.78 is 20.3. The van der Waals surface area contributed by atoms with Crippen LogP contribution in [-0.2, 0) is 14.3 Å². The first-order chi connectivity index (χ1) is 32.3. The molecule has 5 aliphatic rings. The maximum absolute atomic E-state index is 11.7. The molecular weight excluding hydrogens is 873 g/mol. The van der Waals surface area contributed by atoms with Gasteiger partial charge in [-0.15, -0.1) is 22.7 Å². The Labute approximate surface area is 393 Å². The van der Waals surface area contributed by atoms with Crippen LogP contribution in [0.25, 0.3) is 42.9 Å². The lowest BCUT2D eigenvalue weighted by molar-refractivity contribution is -0.120. The number of nitrogens with zero attached hydrogens (tertiary/aromatic N) is 7. The molecule has 0 saturated carbocycles. The van der Waals surface area contributed by atoms with Crippen molar-refractivity contribution in [1.82, 2.24) is 40.8 Å². The van der Waals surface area contributed by atoms with E-state index in [9.17, 15) is 9.59 Å². The van der Waals surface area contributed by atoms with Crippen molar-refractivity contribution in [3.63, 3.8) is 0 Å². The van der Waals surface area contributed by atoms with Crippen LogP contribution in [0.2, 0.25) is 0 Å². The number of hydrogen-bond acceptors (Lipinski definition) is 15. The summed E-state index contributed by atoms with van der Waals surface area (Å²) in [5.41, 5.74) is 11.6. The number of benzene rings is 2. The van der Waals surface area contributed by atoms with Crippen LogP contribution in [0.4, 0.5) is 11.4 Å². The summed E-state index contributed by atoms with van der Waals surface area (Å²) in [7, 11) is 0. The third-order valence-corrected chi connectivity index (χ3v) is 15.4. The van der Waals surface area contributed by atoms with Gasteiger partial charge in [-0.1, -0.05) is 0 Å². The normalized spacial score (nSPS) is 21.6. The predicted molar refractivity (Wildman–Crippen MR) is 261 cm³/mol. The minimum atomic E-state index is -0.0698. The molecule has 17 heteroatoms. The molecule has 6 aromatic rings. The minimum Gasteiger partial charge on any atom is -0.489 e. The molecule has 5 aliphatic heterocycles. The van der Waals surface area contributed by atoms with Crippen molar-refractivity contribution in [2.75, 3.05) is 88.5 Å². The van der Waals surface area contributed by atoms with Gasteiger partial charge in [-0.25, -0.2) is 9.97 Å². The van der Waals surface area contributed by atoms with Crippen molar-refractivity contribution in [2.24, 2.45) is 11.8 Å². The van der Waals surface area contributed by atoms with Crippen LogP contribution in [0, 0.1) is 11.8 Å². The molecule has 0 radical (unpaired) electrons. The highest BCUT2D eigenvalue weighted by Gasteiger charge is 2.30. The Kier molecular flexibility index (Phi) is 13.6. The fourth-order valence-electron chi connectivity index (χ4n) is 9.66. The molecule has 346 valence electrons. The fraction of sp³-hybridized carbons (Fsp3) is 0.469. The van der Waals surface area contributed by atoms with Crippen molar-refractivity contribution in [3.05, 3.63) is 71.9 Å². The zero-order valence-corrected chi connectivity index (χ0v) is 39.2. The van der Waals surface area contributed by atoms with Crippen LogP contribution in [-0.4, -0.2) is 134 Å². The number of ether oxygens (including phenoxy) is 3. The topological polar surface area (TPSA) is 159 Å². The second-order valence-electron chi connectivity index (χ2n) is 17.9. The summed E-state index contributed by atoms with van der Waals surface area (Å²) >= 11 is 3.15. The average molecular weight is 931 g/mol. The molecule has 11 rings (SSSR count). The van der Waals surface area contributed by atoms with Gasteiger partial charge < -0.3 is 40.0 Å². The Morgan fingerprint density at radius 1 is 0.652 bits per heavy atom. The number of rotatable bonds is 11. The Balaban J connectivity index is 0.000000158. The highest BCUT2D eigenvalue weighted by atomic mass is 32.1. The summed E-state index contributed by atoms with van der Waals surface area (Å²) in [6.07, 6.45) is 7.14. The van der Waals surface area contributed by atoms with E-state index in [0.29, 0.717) is 32.0 Å². The van der Waals surface area contributed by atoms with Crippen LogP contribution in [0.15, 0.2) is 71.9 Å². The molecule has 0 bridgehead atoms. The molecule has 0 spiro atoms. The van der Waals surface area contributed by atoms with E-state index in [4.69, 9.17) is 24.2 Å². The first kappa shape index (κ1) is 44.4. The molecule has 15 nitrogen and oxygen atoms in total. The number of pyridine rings is 2. The van der Waals surface area contributed by atoms with Crippen molar-refractivity contribution < 1.29 is 23.8 Å². The summed E-state index contributed by atoms with van der Waals surface area (Å²) in [5.74, 6) is 2.17. The monoisotopic (exact) mass is 930 g/mol. The van der Waals surface area contributed by atoms with Crippen molar-refractivity contribution >= 4 is 66.3 Å². The molecule has 0 unspecified atom stereocenters. The van der Waals surface area contributed by atoms with Gasteiger partial charge in [0.2, 0.25) is 11.8 Å². The number of hydrogen-bond donors (Lipinski definition) is 3. The van der Waals surface area contributed by atoms with E-state index < -0.39 is 0 Å². The number of nitrogens with one attached hydrogen (secondary N) is 3. The Bertz CT molecular complexity index is 2610. The number of amides is 2. The molecule has 66 heavy (non-hydrogen) atoms. The van der Waals surface area contributed by atoms with Crippen molar-refractivity contribution in [3.8, 4) is 34.0 Å². The van der Waals surface area contributed by atoms with E-state index in [1.54, 1.807) is 22.7 Å². The number of piperazine rings is 2. The first-order valence-electron chi connectivity index (χ1n) is 23.4. The second-order valence-corrected chi connectivity index (χ2v) is 19.6. The van der Waals surface area contributed by atoms with Gasteiger partial charge in [0.05, 0.1) is 66.6 Å². The van der Waals surface area contributed by atoms with Crippen LogP contribution in [0.3, 0.4) is 0 Å². The second kappa shape index (κ2) is 20.2. The summed E-state index contributed by atoms with van der Waals surface area (Å²) in [5, 5.41) is 9.17. The number of fused-ring (bicyclic) bond motifs is 2. The summed E-state index contributed by atoms with van der Waals surface area (Å²) in [4.78, 5) is 49.2. The zero-order chi connectivity index (χ0) is 45.0. The molecule has 3 N–H and O–H groups in total. The molecular formula is C49H58N10O5S2. The lowest BCUT2D eigenvalue weighted by Crippen LogP contribution is -2.51. The van der Waals surface area contributed by atoms with Crippen LogP contribution >= 0.6 is 22.7 Å². The predicted octanol–water partition coefficient (Wildman–Crippen LogP) is 6.23. The molecule has 0 aliphatic carbocycles. The molecule has 2 amide bonds. The molecule has 2 aromatic carbocycles. The van der Waals surface area contributed by atoms with Crippen LogP contribution in [0.1, 0.15) is 39.5 Å². The standard InChI is InChI=1S/C27H33N5O3S.C22H25N5O2S/c1-18(20-14-26(33)29-15-20)35-25-13-19(12-24-27(25)36-17-30-24)23-3-2-22(16-28-23)32-8-6-31(7-9-32)21-4-10-34-11-5-21;1-14(16-10-21(28)25-11-16)29-20-9-15(8-19-22(20)30-13-26-19)18-3-2-17(12-24-18)27-6-4-23-5-7-27/h2-3,12-13,16-18,20-21H,4-11,14-15H2,1H3,(H,29,33);2-3,8-9,12-14,16,23H,4-7,10-11H2,1H3,(H,25,28)/t18-,20-;14-,16-/m11/s1. The van der Waals surface area contributed by atoms with Gasteiger partial charge in [-0.2, -0.15) is 0 Å². The molecule has 5 fully saturated rings. The highest BCUT2D eigenvalue weighted by molar-refractivity contribution is 7.17. The number of carbonyl (C=O) groups excluding carboxylic acids is 2. The molecule has 5 saturated heterocycles. The van der Waals surface area contributed by atoms with Gasteiger partial charge in [0.15, 0.2) is 0 Å². The SMILES string of the molecule is C[C@@H](Oc1cc(-c2ccc(N3CCN(C4CCOCC4)CC3)cn2)cc2ncsc12)[C@H]1CNC(=O)C1.C[C@@H](Oc1cc(-c2ccc(N3CCNCC3)cn2)cc2ncsc12)[C@H]1CNC(=O)C1. The first-order valence-corrected chi connectivity index (χ1v) is 25.1. The van der Waals surface area contributed by atoms with Gasteiger partial charge in [0, 0.05) is 121 Å². The lowest BCUT2D eigenvalue weighted by atomic mass is 10.0. The maximum atomic E-state index is 11.7. The van der Waals surface area contributed by atoms with E-state index in [-0.39, 0.29) is 35.9 Å². The largest absolute Gasteiger partial charge is 0.489 e. The van der Waals surface area contributed by atoms with Crippen LogP contribution < -0.4 is 35.2 Å². The summed E-state index contributed by atoms with van der Waals surface area (Å²) in [6, 6.07) is 17.4. The Morgan fingerprint density at radius 2 is 1.15 bits per heavy atom. The van der Waals surface area contributed by atoms with E-state index in [1.807, 2.05) is 43.3 Å². The zero-order valence-electron chi connectivity index (χ0n) is 37.6. The molecule has 4 atom stereocenters. The van der Waals surface area contributed by atoms with Gasteiger partial charge in [0.25, 0.3) is 0 Å². The van der Waals surface area contributed by atoms with Crippen molar-refractivity contribution in [1.29, 1.82) is 0 Å². The maximum Gasteiger partial charge on any atom is 0.220 e. The van der Waals surface area contributed by atoms with E-state index in [1.165, 1.54) is 5.69 Å². The number of aromatic nitrogens is 4. The van der Waals surface area contributed by atoms with Gasteiger partial charge in [-0.05, 0) is 75.2 Å². The van der Waals surface area contributed by atoms with Gasteiger partial charge in [0.1, 0.15) is 23.7 Å². The van der Waals surface area contributed by atoms with E-state index >= 15 is 0 Å². The van der Waals surface area contributed by atoms with Gasteiger partial charge in [-0.3, -0.25) is 24.5 Å². The van der Waals surface area contributed by atoms with E-state index in [0.717, 1.165) is 139 Å². The summed E-state index contributed by atoms with van der Waals surface area (Å²) in [6.45, 7) is 15.4. The highest BCUT2D eigenvalue weighted by Crippen LogP contribution is 2.38. The number of carbonyl (C=O) groups is 2. The quantitative estimate of drug-likeness (QED) is 0.134. The van der Waals surface area contributed by atoms with Crippen molar-refractivity contribution in [2.45, 2.75) is 57.8 Å². The minimum absolute atomic E-state index is 0.0625. The number of thiazole rings is 2. The Morgan fingerprint density at radius 3 is 1.61 bits per heavy atom. The third-order valence-electron chi connectivity index (χ3n) is 13.7. The van der Waals surface area contributed by atoms with Gasteiger partial charge >= 0.3 is 0 Å². The molecule has 9 heterocycles. The lowest BCUT2D eigenvalue weighted by Gasteiger charge is -2.41.